The number of alkyl halides is 3. The van der Waals surface area contributed by atoms with Crippen molar-refractivity contribution in [3.63, 3.8) is 0 Å². The maximum absolute atomic E-state index is 13.0. The SMILES string of the molecule is C=C/C=C/N=C(C(=C)CCC1(CS(C)(=O)=O)CCCOCC1)/C(/C=C/C)=C(\C)C/C(=C/Cc1ccc(C(F)(F)F)cc1)C1CC1. The monoisotopic (exact) mass is 643 g/mol. The summed E-state index contributed by atoms with van der Waals surface area (Å²) in [7, 11) is -3.19. The van der Waals surface area contributed by atoms with Crippen molar-refractivity contribution in [1.82, 2.24) is 0 Å². The van der Waals surface area contributed by atoms with E-state index in [1.54, 1.807) is 30.5 Å². The zero-order valence-corrected chi connectivity index (χ0v) is 27.8. The van der Waals surface area contributed by atoms with Crippen LogP contribution >= 0.6 is 0 Å². The first-order valence-electron chi connectivity index (χ1n) is 15.7. The first-order valence-corrected chi connectivity index (χ1v) is 17.8. The number of benzene rings is 1. The number of hydrogen-bond donors (Lipinski definition) is 0. The topological polar surface area (TPSA) is 55.7 Å². The number of nitrogens with zero attached hydrogens (tertiary/aromatic N) is 1. The largest absolute Gasteiger partial charge is 0.416 e. The number of halogens is 3. The van der Waals surface area contributed by atoms with Crippen LogP contribution in [0.1, 0.15) is 76.3 Å². The van der Waals surface area contributed by atoms with Gasteiger partial charge in [-0.3, -0.25) is 4.99 Å². The molecule has 8 heteroatoms. The van der Waals surface area contributed by atoms with Crippen LogP contribution in [-0.4, -0.2) is 39.4 Å². The van der Waals surface area contributed by atoms with E-state index < -0.39 is 21.6 Å². The molecule has 1 saturated carbocycles. The Morgan fingerprint density at radius 3 is 2.47 bits per heavy atom. The van der Waals surface area contributed by atoms with Crippen LogP contribution in [0.3, 0.4) is 0 Å². The van der Waals surface area contributed by atoms with Gasteiger partial charge < -0.3 is 4.74 Å². The molecule has 0 radical (unpaired) electrons. The second kappa shape index (κ2) is 16.5. The van der Waals surface area contributed by atoms with E-state index in [0.717, 1.165) is 72.2 Å². The Morgan fingerprint density at radius 1 is 1.16 bits per heavy atom. The van der Waals surface area contributed by atoms with Crippen LogP contribution in [0.25, 0.3) is 0 Å². The molecule has 2 fully saturated rings. The smallest absolute Gasteiger partial charge is 0.381 e. The Morgan fingerprint density at radius 2 is 1.87 bits per heavy atom. The van der Waals surface area contributed by atoms with Crippen LogP contribution < -0.4 is 0 Å². The number of ether oxygens (including phenoxy) is 1. The fraction of sp³-hybridized carbons (Fsp3) is 0.486. The van der Waals surface area contributed by atoms with E-state index in [1.807, 2.05) is 19.1 Å². The predicted molar refractivity (Wildman–Crippen MR) is 180 cm³/mol. The Balaban J connectivity index is 1.89. The van der Waals surface area contributed by atoms with E-state index in [9.17, 15) is 21.6 Å². The molecule has 1 saturated heterocycles. The molecule has 2 aliphatic rings. The van der Waals surface area contributed by atoms with Crippen LogP contribution in [0.5, 0.6) is 0 Å². The molecule has 1 aromatic carbocycles. The van der Waals surface area contributed by atoms with Gasteiger partial charge in [0.2, 0.25) is 0 Å². The molecule has 1 aliphatic carbocycles. The molecule has 45 heavy (non-hydrogen) atoms. The molecule has 0 aromatic heterocycles. The molecule has 1 aromatic rings. The first kappa shape index (κ1) is 36.5. The summed E-state index contributed by atoms with van der Waals surface area (Å²) in [5.41, 5.74) is 4.82. The van der Waals surface area contributed by atoms with Gasteiger partial charge >= 0.3 is 6.18 Å². The summed E-state index contributed by atoms with van der Waals surface area (Å²) in [6, 6.07) is 5.38. The van der Waals surface area contributed by atoms with E-state index in [-0.39, 0.29) is 11.2 Å². The number of aliphatic imine (C=N–C) groups is 1. The summed E-state index contributed by atoms with van der Waals surface area (Å²) in [4.78, 5) is 4.82. The molecule has 1 unspecified atom stereocenters. The Bertz CT molecular complexity index is 1430. The summed E-state index contributed by atoms with van der Waals surface area (Å²) in [6.07, 6.45) is 15.4. The van der Waals surface area contributed by atoms with Gasteiger partial charge in [-0.2, -0.15) is 13.2 Å². The van der Waals surface area contributed by atoms with Gasteiger partial charge in [0.15, 0.2) is 0 Å². The highest BCUT2D eigenvalue weighted by Crippen LogP contribution is 2.41. The van der Waals surface area contributed by atoms with Gasteiger partial charge in [-0.15, -0.1) is 0 Å². The number of sulfone groups is 1. The zero-order chi connectivity index (χ0) is 33.1. The van der Waals surface area contributed by atoms with Gasteiger partial charge in [-0.05, 0) is 118 Å². The Labute approximate surface area is 268 Å². The minimum atomic E-state index is -4.35. The fourth-order valence-corrected chi connectivity index (χ4v) is 7.60. The molecule has 1 heterocycles. The van der Waals surface area contributed by atoms with E-state index >= 15 is 0 Å². The molecule has 1 atom stereocenters. The minimum Gasteiger partial charge on any atom is -0.381 e. The van der Waals surface area contributed by atoms with Crippen molar-refractivity contribution in [2.24, 2.45) is 16.3 Å². The van der Waals surface area contributed by atoms with Crippen molar-refractivity contribution in [3.05, 3.63) is 107 Å². The molecule has 0 bridgehead atoms. The quantitative estimate of drug-likeness (QED) is 0.109. The predicted octanol–water partition coefficient (Wildman–Crippen LogP) is 9.58. The normalized spacial score (nSPS) is 21.2. The molecule has 1 aliphatic heterocycles. The number of allylic oxidation sites excluding steroid dienone is 9. The lowest BCUT2D eigenvalue weighted by Gasteiger charge is -2.32. The highest BCUT2D eigenvalue weighted by molar-refractivity contribution is 7.90. The summed E-state index contributed by atoms with van der Waals surface area (Å²) in [6.45, 7) is 13.5. The highest BCUT2D eigenvalue weighted by Gasteiger charge is 2.35. The summed E-state index contributed by atoms with van der Waals surface area (Å²) < 4.78 is 69.6. The number of rotatable bonds is 15. The van der Waals surface area contributed by atoms with Gasteiger partial charge in [0.1, 0.15) is 9.84 Å². The summed E-state index contributed by atoms with van der Waals surface area (Å²) >= 11 is 0. The van der Waals surface area contributed by atoms with Crippen molar-refractivity contribution in [3.8, 4) is 0 Å². The van der Waals surface area contributed by atoms with E-state index in [1.165, 1.54) is 11.8 Å². The molecule has 0 amide bonds. The third-order valence-electron chi connectivity index (χ3n) is 8.56. The molecule has 246 valence electrons. The van der Waals surface area contributed by atoms with Crippen LogP contribution in [0, 0.1) is 11.3 Å². The first-order chi connectivity index (χ1) is 21.3. The lowest BCUT2D eigenvalue weighted by molar-refractivity contribution is -0.137. The Hall–Kier alpha value is -2.97. The van der Waals surface area contributed by atoms with Crippen molar-refractivity contribution in [1.29, 1.82) is 0 Å². The van der Waals surface area contributed by atoms with E-state index in [2.05, 4.69) is 26.2 Å². The third kappa shape index (κ3) is 12.0. The molecule has 0 N–H and O–H groups in total. The van der Waals surface area contributed by atoms with Gasteiger partial charge in [-0.1, -0.05) is 60.7 Å². The van der Waals surface area contributed by atoms with Crippen LogP contribution in [-0.2, 0) is 27.2 Å². The molecule has 3 rings (SSSR count). The highest BCUT2D eigenvalue weighted by atomic mass is 32.2. The molecular weight excluding hydrogens is 595 g/mol. The summed E-state index contributed by atoms with van der Waals surface area (Å²) in [5.74, 6) is 0.601. The molecule has 0 spiro atoms. The second-order valence-corrected chi connectivity index (χ2v) is 14.7. The van der Waals surface area contributed by atoms with Crippen molar-refractivity contribution in [2.45, 2.75) is 77.8 Å². The maximum atomic E-state index is 13.0. The van der Waals surface area contributed by atoms with Crippen molar-refractivity contribution in [2.75, 3.05) is 25.2 Å². The van der Waals surface area contributed by atoms with Crippen molar-refractivity contribution >= 4 is 15.5 Å². The average molecular weight is 644 g/mol. The standard InChI is InChI=1S/C37H48F3NO3S/c1-6-8-23-41-35(28(3)19-21-36(27-45(5,42)43)20-9-24-44-25-22-36)34(10-7-2)29(4)26-32(31-15-16-31)14-11-30-12-17-33(18-13-30)37(38,39)40/h6-8,10,12-14,17-18,23,31H,1,3,9,11,15-16,19-22,24-27H2,2,4-5H3/b10-7+,23-8+,32-14-,34-29+,41-35+. The van der Waals surface area contributed by atoms with Gasteiger partial charge in [-0.25, -0.2) is 8.42 Å². The van der Waals surface area contributed by atoms with E-state index in [4.69, 9.17) is 9.73 Å². The zero-order valence-electron chi connectivity index (χ0n) is 27.0. The Kier molecular flexibility index (Phi) is 13.4. The van der Waals surface area contributed by atoms with Gasteiger partial charge in [0.05, 0.1) is 17.0 Å². The molecule has 4 nitrogen and oxygen atoms in total. The molecular formula is C37H48F3NO3S. The minimum absolute atomic E-state index is 0.130. The van der Waals surface area contributed by atoms with Gasteiger partial charge in [0.25, 0.3) is 0 Å². The number of hydrogen-bond acceptors (Lipinski definition) is 4. The van der Waals surface area contributed by atoms with Crippen LogP contribution in [0.4, 0.5) is 13.2 Å². The van der Waals surface area contributed by atoms with Crippen LogP contribution in [0.2, 0.25) is 0 Å². The third-order valence-corrected chi connectivity index (χ3v) is 9.70. The van der Waals surface area contributed by atoms with E-state index in [0.29, 0.717) is 44.8 Å². The van der Waals surface area contributed by atoms with Crippen LogP contribution in [0.15, 0.2) is 101 Å². The van der Waals surface area contributed by atoms with Gasteiger partial charge in [0, 0.05) is 25.7 Å². The second-order valence-electron chi connectivity index (χ2n) is 12.5. The lowest BCUT2D eigenvalue weighted by Crippen LogP contribution is -2.31. The lowest BCUT2D eigenvalue weighted by atomic mass is 9.77. The fourth-order valence-electron chi connectivity index (χ4n) is 6.06. The maximum Gasteiger partial charge on any atom is 0.416 e. The average Bonchev–Trinajstić information content (AvgIpc) is 3.83. The van der Waals surface area contributed by atoms with Crippen molar-refractivity contribution < 1.29 is 26.3 Å². The summed E-state index contributed by atoms with van der Waals surface area (Å²) in [5, 5.41) is 0.